The number of amides is 1. The molecule has 0 bridgehead atoms. The molecule has 0 spiro atoms. The molecule has 0 aromatic carbocycles. The number of carbonyl (C=O) groups is 1. The van der Waals surface area contributed by atoms with E-state index in [4.69, 9.17) is 4.42 Å². The van der Waals surface area contributed by atoms with Crippen LogP contribution < -0.4 is 10.6 Å². The Morgan fingerprint density at radius 1 is 1.77 bits per heavy atom. The number of rotatable bonds is 2. The van der Waals surface area contributed by atoms with Gasteiger partial charge in [0.1, 0.15) is 6.26 Å². The summed E-state index contributed by atoms with van der Waals surface area (Å²) in [5.41, 5.74) is 0.351. The molecule has 0 atom stereocenters. The first kappa shape index (κ1) is 8.25. The molecule has 0 unspecified atom stereocenters. The van der Waals surface area contributed by atoms with E-state index in [0.717, 1.165) is 13.1 Å². The summed E-state index contributed by atoms with van der Waals surface area (Å²) in [4.78, 5) is 15.3. The van der Waals surface area contributed by atoms with Crippen LogP contribution >= 0.6 is 0 Å². The number of oxazole rings is 1. The molecule has 1 amide bonds. The van der Waals surface area contributed by atoms with Crippen LogP contribution in [0, 0.1) is 6.92 Å². The van der Waals surface area contributed by atoms with Crippen molar-refractivity contribution >= 4 is 5.91 Å². The fourth-order valence-electron chi connectivity index (χ4n) is 1.12. The van der Waals surface area contributed by atoms with Crippen molar-refractivity contribution in [3.63, 3.8) is 0 Å². The molecule has 2 rings (SSSR count). The van der Waals surface area contributed by atoms with Gasteiger partial charge in [-0.25, -0.2) is 4.98 Å². The standard InChI is InChI=1S/C8H11N3O2/c1-5-10-7(4-13-5)8(12)11-6-2-9-3-6/h4,6,9H,2-3H2,1H3,(H,11,12). The highest BCUT2D eigenvalue weighted by atomic mass is 16.3. The minimum absolute atomic E-state index is 0.164. The highest BCUT2D eigenvalue weighted by Crippen LogP contribution is 2.01. The molecule has 1 aliphatic rings. The van der Waals surface area contributed by atoms with E-state index in [0.29, 0.717) is 11.6 Å². The van der Waals surface area contributed by atoms with Gasteiger partial charge in [-0.3, -0.25) is 4.79 Å². The first-order valence-corrected chi connectivity index (χ1v) is 4.19. The Balaban J connectivity index is 1.96. The van der Waals surface area contributed by atoms with E-state index in [1.807, 2.05) is 0 Å². The molecule has 1 aliphatic heterocycles. The van der Waals surface area contributed by atoms with Crippen LogP contribution in [0.1, 0.15) is 16.4 Å². The Morgan fingerprint density at radius 3 is 3.00 bits per heavy atom. The molecule has 1 saturated heterocycles. The molecule has 70 valence electrons. The molecule has 0 saturated carbocycles. The van der Waals surface area contributed by atoms with Crippen molar-refractivity contribution in [2.75, 3.05) is 13.1 Å². The van der Waals surface area contributed by atoms with Crippen molar-refractivity contribution in [2.45, 2.75) is 13.0 Å². The van der Waals surface area contributed by atoms with E-state index >= 15 is 0 Å². The first-order chi connectivity index (χ1) is 6.25. The van der Waals surface area contributed by atoms with Crippen LogP contribution in [0.4, 0.5) is 0 Å². The van der Waals surface area contributed by atoms with Crippen molar-refractivity contribution in [1.29, 1.82) is 0 Å². The van der Waals surface area contributed by atoms with E-state index in [9.17, 15) is 4.79 Å². The van der Waals surface area contributed by atoms with E-state index in [1.165, 1.54) is 6.26 Å². The molecule has 0 aliphatic carbocycles. The minimum Gasteiger partial charge on any atom is -0.448 e. The Labute approximate surface area is 75.5 Å². The predicted molar refractivity (Wildman–Crippen MR) is 45.4 cm³/mol. The van der Waals surface area contributed by atoms with Crippen LogP contribution in [-0.2, 0) is 0 Å². The number of hydrogen-bond acceptors (Lipinski definition) is 4. The average Bonchev–Trinajstić information content (AvgIpc) is 2.44. The Bertz CT molecular complexity index is 317. The smallest absolute Gasteiger partial charge is 0.273 e. The van der Waals surface area contributed by atoms with Crippen LogP contribution in [0.25, 0.3) is 0 Å². The number of carbonyl (C=O) groups excluding carboxylic acids is 1. The second-order valence-electron chi connectivity index (χ2n) is 3.08. The molecule has 5 nitrogen and oxygen atoms in total. The monoisotopic (exact) mass is 181 g/mol. The Kier molecular flexibility index (Phi) is 2.02. The summed E-state index contributed by atoms with van der Waals surface area (Å²) in [7, 11) is 0. The third kappa shape index (κ3) is 1.70. The van der Waals surface area contributed by atoms with E-state index in [-0.39, 0.29) is 11.9 Å². The third-order valence-electron chi connectivity index (χ3n) is 1.97. The summed E-state index contributed by atoms with van der Waals surface area (Å²) < 4.78 is 4.93. The topological polar surface area (TPSA) is 67.2 Å². The summed E-state index contributed by atoms with van der Waals surface area (Å²) in [6, 6.07) is 0.240. The molecule has 13 heavy (non-hydrogen) atoms. The van der Waals surface area contributed by atoms with Crippen molar-refractivity contribution < 1.29 is 9.21 Å². The molecule has 1 aromatic rings. The average molecular weight is 181 g/mol. The first-order valence-electron chi connectivity index (χ1n) is 4.19. The second-order valence-corrected chi connectivity index (χ2v) is 3.08. The van der Waals surface area contributed by atoms with Gasteiger partial charge < -0.3 is 15.1 Å². The maximum atomic E-state index is 11.4. The van der Waals surface area contributed by atoms with Crippen LogP contribution in [0.2, 0.25) is 0 Å². The number of nitrogens with one attached hydrogen (secondary N) is 2. The maximum Gasteiger partial charge on any atom is 0.273 e. The summed E-state index contributed by atoms with van der Waals surface area (Å²) in [6.45, 7) is 3.38. The zero-order valence-electron chi connectivity index (χ0n) is 7.33. The number of hydrogen-bond donors (Lipinski definition) is 2. The lowest BCUT2D eigenvalue weighted by atomic mass is 10.2. The fourth-order valence-corrected chi connectivity index (χ4v) is 1.12. The fraction of sp³-hybridized carbons (Fsp3) is 0.500. The van der Waals surface area contributed by atoms with Gasteiger partial charge in [0, 0.05) is 20.0 Å². The van der Waals surface area contributed by atoms with Gasteiger partial charge >= 0.3 is 0 Å². The Morgan fingerprint density at radius 2 is 2.54 bits per heavy atom. The van der Waals surface area contributed by atoms with Gasteiger partial charge in [0.25, 0.3) is 5.91 Å². The van der Waals surface area contributed by atoms with E-state index < -0.39 is 0 Å². The molecule has 5 heteroatoms. The van der Waals surface area contributed by atoms with Gasteiger partial charge in [0.2, 0.25) is 0 Å². The quantitative estimate of drug-likeness (QED) is 0.656. The predicted octanol–water partition coefficient (Wildman–Crippen LogP) is -0.315. The number of aryl methyl sites for hydroxylation is 1. The molecular formula is C8H11N3O2. The van der Waals surface area contributed by atoms with Crippen molar-refractivity contribution in [2.24, 2.45) is 0 Å². The molecule has 0 radical (unpaired) electrons. The number of aromatic nitrogens is 1. The molecule has 1 aromatic heterocycles. The largest absolute Gasteiger partial charge is 0.448 e. The van der Waals surface area contributed by atoms with Gasteiger partial charge in [-0.05, 0) is 0 Å². The lowest BCUT2D eigenvalue weighted by molar-refractivity contribution is 0.0919. The summed E-state index contributed by atoms with van der Waals surface area (Å²) in [6.07, 6.45) is 1.37. The van der Waals surface area contributed by atoms with Crippen LogP contribution in [0.5, 0.6) is 0 Å². The summed E-state index contributed by atoms with van der Waals surface area (Å²) in [5.74, 6) is 0.347. The van der Waals surface area contributed by atoms with Crippen LogP contribution in [0.3, 0.4) is 0 Å². The number of nitrogens with zero attached hydrogens (tertiary/aromatic N) is 1. The SMILES string of the molecule is Cc1nc(C(=O)NC2CNC2)co1. The van der Waals surface area contributed by atoms with Gasteiger partial charge in [-0.15, -0.1) is 0 Å². The summed E-state index contributed by atoms with van der Waals surface area (Å²) >= 11 is 0. The van der Waals surface area contributed by atoms with E-state index in [2.05, 4.69) is 15.6 Å². The van der Waals surface area contributed by atoms with Crippen molar-refractivity contribution in [3.8, 4) is 0 Å². The highest BCUT2D eigenvalue weighted by molar-refractivity contribution is 5.92. The van der Waals surface area contributed by atoms with Gasteiger partial charge in [0.15, 0.2) is 11.6 Å². The third-order valence-corrected chi connectivity index (χ3v) is 1.97. The van der Waals surface area contributed by atoms with Crippen LogP contribution in [-0.4, -0.2) is 30.0 Å². The second kappa shape index (κ2) is 3.18. The maximum absolute atomic E-state index is 11.4. The minimum atomic E-state index is -0.164. The summed E-state index contributed by atoms with van der Waals surface area (Å²) in [5, 5.41) is 5.89. The van der Waals surface area contributed by atoms with Crippen molar-refractivity contribution in [1.82, 2.24) is 15.6 Å². The normalized spacial score (nSPS) is 16.7. The molecule has 2 N–H and O–H groups in total. The van der Waals surface area contributed by atoms with Crippen molar-refractivity contribution in [3.05, 3.63) is 17.8 Å². The molecule has 2 heterocycles. The van der Waals surface area contributed by atoms with Gasteiger partial charge in [0.05, 0.1) is 6.04 Å². The molecule has 1 fully saturated rings. The highest BCUT2D eigenvalue weighted by Gasteiger charge is 2.20. The lowest BCUT2D eigenvalue weighted by Gasteiger charge is -2.27. The zero-order chi connectivity index (χ0) is 9.26. The molecular weight excluding hydrogens is 170 g/mol. The van der Waals surface area contributed by atoms with Gasteiger partial charge in [-0.2, -0.15) is 0 Å². The zero-order valence-corrected chi connectivity index (χ0v) is 7.33. The Hall–Kier alpha value is -1.36. The lowest BCUT2D eigenvalue weighted by Crippen LogP contribution is -2.56. The van der Waals surface area contributed by atoms with Crippen LogP contribution in [0.15, 0.2) is 10.7 Å². The van der Waals surface area contributed by atoms with Gasteiger partial charge in [-0.1, -0.05) is 0 Å². The van der Waals surface area contributed by atoms with E-state index in [1.54, 1.807) is 6.92 Å².